The lowest BCUT2D eigenvalue weighted by atomic mass is 9.79. The van der Waals surface area contributed by atoms with E-state index in [2.05, 4.69) is 61.5 Å². The van der Waals surface area contributed by atoms with Crippen molar-refractivity contribution >= 4 is 10.8 Å². The van der Waals surface area contributed by atoms with Crippen LogP contribution in [-0.4, -0.2) is 13.2 Å². The molecular formula is C22H25NO. The molecule has 3 rings (SSSR count). The maximum atomic E-state index is 6.07. The van der Waals surface area contributed by atoms with Crippen LogP contribution in [0.1, 0.15) is 25.3 Å². The third-order valence-electron chi connectivity index (χ3n) is 4.80. The summed E-state index contributed by atoms with van der Waals surface area (Å²) >= 11 is 0. The van der Waals surface area contributed by atoms with Crippen LogP contribution in [0.2, 0.25) is 0 Å². The molecule has 0 aromatic heterocycles. The Labute approximate surface area is 144 Å². The minimum atomic E-state index is 0.00335. The first-order chi connectivity index (χ1) is 11.7. The molecule has 2 heteroatoms. The Morgan fingerprint density at radius 2 is 1.58 bits per heavy atom. The summed E-state index contributed by atoms with van der Waals surface area (Å²) in [5.41, 5.74) is 7.37. The molecule has 0 amide bonds. The maximum Gasteiger partial charge on any atom is 0.127 e. The van der Waals surface area contributed by atoms with Gasteiger partial charge in [-0.25, -0.2) is 0 Å². The predicted molar refractivity (Wildman–Crippen MR) is 102 cm³/mol. The molecule has 0 saturated heterocycles. The quantitative estimate of drug-likeness (QED) is 0.628. The van der Waals surface area contributed by atoms with Crippen molar-refractivity contribution in [1.29, 1.82) is 0 Å². The van der Waals surface area contributed by atoms with Crippen molar-refractivity contribution in [1.82, 2.24) is 0 Å². The fraction of sp³-hybridized carbons (Fsp3) is 0.273. The van der Waals surface area contributed by atoms with E-state index in [-0.39, 0.29) is 5.41 Å². The van der Waals surface area contributed by atoms with Crippen molar-refractivity contribution < 1.29 is 4.74 Å². The third kappa shape index (κ3) is 3.60. The standard InChI is InChI=1S/C22H25NO/c1-22(17-23,19-11-3-2-4-12-19)15-8-16-24-21-14-7-10-18-9-5-6-13-20(18)21/h2-7,9-14H,8,15-17,23H2,1H3. The van der Waals surface area contributed by atoms with Crippen LogP contribution in [-0.2, 0) is 5.41 Å². The van der Waals surface area contributed by atoms with Gasteiger partial charge in [-0.3, -0.25) is 0 Å². The lowest BCUT2D eigenvalue weighted by molar-refractivity contribution is 0.288. The van der Waals surface area contributed by atoms with E-state index in [4.69, 9.17) is 10.5 Å². The number of fused-ring (bicyclic) bond motifs is 1. The van der Waals surface area contributed by atoms with E-state index in [1.807, 2.05) is 18.2 Å². The molecule has 0 bridgehead atoms. The van der Waals surface area contributed by atoms with Gasteiger partial charge in [-0.1, -0.05) is 73.7 Å². The highest BCUT2D eigenvalue weighted by atomic mass is 16.5. The van der Waals surface area contributed by atoms with Crippen LogP contribution in [0.25, 0.3) is 10.8 Å². The Morgan fingerprint density at radius 1 is 0.875 bits per heavy atom. The smallest absolute Gasteiger partial charge is 0.127 e. The minimum absolute atomic E-state index is 0.00335. The number of ether oxygens (including phenoxy) is 1. The molecule has 0 radical (unpaired) electrons. The van der Waals surface area contributed by atoms with Gasteiger partial charge < -0.3 is 10.5 Å². The fourth-order valence-corrected chi connectivity index (χ4v) is 3.17. The van der Waals surface area contributed by atoms with Crippen LogP contribution in [0, 0.1) is 0 Å². The molecule has 1 unspecified atom stereocenters. The van der Waals surface area contributed by atoms with Gasteiger partial charge in [-0.05, 0) is 29.9 Å². The highest BCUT2D eigenvalue weighted by Crippen LogP contribution is 2.29. The summed E-state index contributed by atoms with van der Waals surface area (Å²) in [7, 11) is 0. The van der Waals surface area contributed by atoms with Gasteiger partial charge in [0.25, 0.3) is 0 Å². The Morgan fingerprint density at radius 3 is 2.38 bits per heavy atom. The topological polar surface area (TPSA) is 35.2 Å². The molecule has 0 aliphatic heterocycles. The molecule has 3 aromatic carbocycles. The number of benzene rings is 3. The minimum Gasteiger partial charge on any atom is -0.493 e. The van der Waals surface area contributed by atoms with Crippen LogP contribution in [0.5, 0.6) is 5.75 Å². The number of rotatable bonds is 7. The maximum absolute atomic E-state index is 6.07. The van der Waals surface area contributed by atoms with Gasteiger partial charge in [0.2, 0.25) is 0 Å². The van der Waals surface area contributed by atoms with E-state index in [1.54, 1.807) is 0 Å². The van der Waals surface area contributed by atoms with Crippen molar-refractivity contribution in [3.8, 4) is 5.75 Å². The average molecular weight is 319 g/mol. The van der Waals surface area contributed by atoms with Crippen LogP contribution in [0.4, 0.5) is 0 Å². The summed E-state index contributed by atoms with van der Waals surface area (Å²) in [6.45, 7) is 3.59. The molecule has 0 spiro atoms. The first-order valence-corrected chi connectivity index (χ1v) is 8.59. The molecule has 2 nitrogen and oxygen atoms in total. The van der Waals surface area contributed by atoms with Gasteiger partial charge in [-0.2, -0.15) is 0 Å². The lowest BCUT2D eigenvalue weighted by Gasteiger charge is -2.28. The van der Waals surface area contributed by atoms with Crippen LogP contribution < -0.4 is 10.5 Å². The van der Waals surface area contributed by atoms with Gasteiger partial charge in [-0.15, -0.1) is 0 Å². The highest BCUT2D eigenvalue weighted by molar-refractivity contribution is 5.88. The summed E-state index contributed by atoms with van der Waals surface area (Å²) in [5, 5.41) is 2.38. The molecule has 0 saturated carbocycles. The first-order valence-electron chi connectivity index (χ1n) is 8.59. The van der Waals surface area contributed by atoms with Gasteiger partial charge in [0, 0.05) is 17.3 Å². The van der Waals surface area contributed by atoms with E-state index in [0.29, 0.717) is 13.2 Å². The predicted octanol–water partition coefficient (Wildman–Crippen LogP) is 4.92. The molecule has 0 aliphatic carbocycles. The van der Waals surface area contributed by atoms with Gasteiger partial charge in [0.15, 0.2) is 0 Å². The van der Waals surface area contributed by atoms with Crippen molar-refractivity contribution in [2.75, 3.05) is 13.2 Å². The summed E-state index contributed by atoms with van der Waals surface area (Å²) in [4.78, 5) is 0. The Bertz CT molecular complexity index is 779. The summed E-state index contributed by atoms with van der Waals surface area (Å²) < 4.78 is 6.05. The molecule has 0 heterocycles. The summed E-state index contributed by atoms with van der Waals surface area (Å²) in [6.07, 6.45) is 1.99. The molecule has 124 valence electrons. The van der Waals surface area contributed by atoms with E-state index >= 15 is 0 Å². The van der Waals surface area contributed by atoms with Crippen LogP contribution >= 0.6 is 0 Å². The molecule has 0 aliphatic rings. The van der Waals surface area contributed by atoms with Crippen molar-refractivity contribution in [3.05, 3.63) is 78.4 Å². The number of nitrogens with two attached hydrogens (primary N) is 1. The zero-order valence-electron chi connectivity index (χ0n) is 14.2. The Kier molecular flexibility index (Phi) is 5.17. The second kappa shape index (κ2) is 7.50. The van der Waals surface area contributed by atoms with E-state index in [9.17, 15) is 0 Å². The van der Waals surface area contributed by atoms with Crippen LogP contribution in [0.15, 0.2) is 72.8 Å². The number of hydrogen-bond donors (Lipinski definition) is 1. The van der Waals surface area contributed by atoms with Crippen LogP contribution in [0.3, 0.4) is 0 Å². The fourth-order valence-electron chi connectivity index (χ4n) is 3.17. The largest absolute Gasteiger partial charge is 0.493 e. The molecule has 0 fully saturated rings. The highest BCUT2D eigenvalue weighted by Gasteiger charge is 2.24. The van der Waals surface area contributed by atoms with Gasteiger partial charge in [0.1, 0.15) is 5.75 Å². The zero-order chi connectivity index (χ0) is 16.8. The SMILES string of the molecule is CC(CN)(CCCOc1cccc2ccccc12)c1ccccc1. The molecular weight excluding hydrogens is 294 g/mol. The van der Waals surface area contributed by atoms with Gasteiger partial charge in [0.05, 0.1) is 6.61 Å². The third-order valence-corrected chi connectivity index (χ3v) is 4.80. The second-order valence-corrected chi connectivity index (χ2v) is 6.56. The summed E-state index contributed by atoms with van der Waals surface area (Å²) in [5.74, 6) is 0.960. The molecule has 2 N–H and O–H groups in total. The lowest BCUT2D eigenvalue weighted by Crippen LogP contribution is -2.32. The summed E-state index contributed by atoms with van der Waals surface area (Å²) in [6, 6.07) is 25.1. The Hall–Kier alpha value is -2.32. The normalized spacial score (nSPS) is 13.6. The van der Waals surface area contributed by atoms with E-state index in [1.165, 1.54) is 16.3 Å². The van der Waals surface area contributed by atoms with Gasteiger partial charge >= 0.3 is 0 Å². The zero-order valence-corrected chi connectivity index (χ0v) is 14.2. The molecule has 3 aromatic rings. The average Bonchev–Trinajstić information content (AvgIpc) is 2.66. The van der Waals surface area contributed by atoms with E-state index in [0.717, 1.165) is 18.6 Å². The first kappa shape index (κ1) is 16.5. The van der Waals surface area contributed by atoms with Crippen molar-refractivity contribution in [3.63, 3.8) is 0 Å². The van der Waals surface area contributed by atoms with E-state index < -0.39 is 0 Å². The van der Waals surface area contributed by atoms with Crippen molar-refractivity contribution in [2.45, 2.75) is 25.2 Å². The van der Waals surface area contributed by atoms with Crippen molar-refractivity contribution in [2.24, 2.45) is 5.73 Å². The second-order valence-electron chi connectivity index (χ2n) is 6.56. The molecule has 24 heavy (non-hydrogen) atoms. The Balaban J connectivity index is 1.62. The molecule has 1 atom stereocenters. The monoisotopic (exact) mass is 319 g/mol. The number of hydrogen-bond acceptors (Lipinski definition) is 2.